The maximum atomic E-state index is 14.5. The fourth-order valence-electron chi connectivity index (χ4n) is 4.00. The molecule has 156 valence electrons. The van der Waals surface area contributed by atoms with Crippen LogP contribution in [0.5, 0.6) is 0 Å². The topological polar surface area (TPSA) is 63.8 Å². The average Bonchev–Trinajstić information content (AvgIpc) is 2.75. The minimum atomic E-state index is -0.390. The van der Waals surface area contributed by atoms with E-state index >= 15 is 0 Å². The van der Waals surface area contributed by atoms with Gasteiger partial charge >= 0.3 is 0 Å². The van der Waals surface area contributed by atoms with Gasteiger partial charge in [-0.15, -0.1) is 0 Å². The van der Waals surface area contributed by atoms with Crippen LogP contribution in [0.4, 0.5) is 14.6 Å². The number of hydrogen-bond donors (Lipinski definition) is 2. The summed E-state index contributed by atoms with van der Waals surface area (Å²) in [7, 11) is 0. The van der Waals surface area contributed by atoms with E-state index in [1.807, 2.05) is 24.3 Å². The van der Waals surface area contributed by atoms with E-state index in [-0.39, 0.29) is 11.6 Å². The van der Waals surface area contributed by atoms with Crippen molar-refractivity contribution in [2.24, 2.45) is 11.7 Å². The highest BCUT2D eigenvalue weighted by Gasteiger charge is 2.20. The Morgan fingerprint density at radius 3 is 2.60 bits per heavy atom. The molecule has 0 bridgehead atoms. The number of nitrogens with two attached hydrogens (primary N) is 1. The molecule has 0 atom stereocenters. The van der Waals surface area contributed by atoms with Crippen LogP contribution in [0.1, 0.15) is 36.9 Å². The van der Waals surface area contributed by atoms with Gasteiger partial charge in [-0.25, -0.2) is 13.8 Å². The Labute approximate surface area is 175 Å². The van der Waals surface area contributed by atoms with Crippen molar-refractivity contribution in [1.82, 2.24) is 9.97 Å². The summed E-state index contributed by atoms with van der Waals surface area (Å²) < 4.78 is 27.9. The van der Waals surface area contributed by atoms with E-state index in [4.69, 9.17) is 5.73 Å². The number of halogens is 2. The molecular weight excluding hydrogens is 382 g/mol. The molecule has 0 amide bonds. The van der Waals surface area contributed by atoms with Gasteiger partial charge in [0, 0.05) is 23.8 Å². The summed E-state index contributed by atoms with van der Waals surface area (Å²) in [6.07, 6.45) is 6.38. The van der Waals surface area contributed by atoms with Crippen molar-refractivity contribution < 1.29 is 8.78 Å². The second-order valence-electron chi connectivity index (χ2n) is 8.03. The lowest BCUT2D eigenvalue weighted by atomic mass is 9.83. The standard InChI is InChI=1S/C24H26F2N4/c25-18-4-1-3-17(11-18)14-29-24-6-2-5-23(30-24)21-13-20(28-15-22(21)26)12-16-7-9-19(27)10-8-16/h1-6,11,13,15-16,19H,7-10,12,14,27H2,(H,29,30). The van der Waals surface area contributed by atoms with Gasteiger partial charge in [-0.3, -0.25) is 4.98 Å². The zero-order valence-electron chi connectivity index (χ0n) is 16.8. The van der Waals surface area contributed by atoms with Crippen LogP contribution in [-0.2, 0) is 13.0 Å². The Morgan fingerprint density at radius 1 is 1.00 bits per heavy atom. The molecular formula is C24H26F2N4. The van der Waals surface area contributed by atoms with E-state index in [0.29, 0.717) is 35.6 Å². The summed E-state index contributed by atoms with van der Waals surface area (Å²) in [5.74, 6) is 0.486. The van der Waals surface area contributed by atoms with E-state index in [2.05, 4.69) is 15.3 Å². The highest BCUT2D eigenvalue weighted by atomic mass is 19.1. The van der Waals surface area contributed by atoms with Crippen LogP contribution in [0, 0.1) is 17.6 Å². The minimum absolute atomic E-state index is 0.276. The SMILES string of the molecule is NC1CCC(Cc2cc(-c3cccc(NCc4cccc(F)c4)n3)c(F)cn2)CC1. The zero-order valence-corrected chi connectivity index (χ0v) is 16.8. The summed E-state index contributed by atoms with van der Waals surface area (Å²) in [6, 6.07) is 13.9. The molecule has 1 fully saturated rings. The zero-order chi connectivity index (χ0) is 20.9. The van der Waals surface area contributed by atoms with Crippen LogP contribution in [-0.4, -0.2) is 16.0 Å². The summed E-state index contributed by atoms with van der Waals surface area (Å²) in [5.41, 5.74) is 8.68. The third kappa shape index (κ3) is 5.19. The lowest BCUT2D eigenvalue weighted by Crippen LogP contribution is -2.27. The van der Waals surface area contributed by atoms with Gasteiger partial charge in [0.05, 0.1) is 11.9 Å². The predicted octanol–water partition coefficient (Wildman–Crippen LogP) is 5.09. The fraction of sp³-hybridized carbons (Fsp3) is 0.333. The third-order valence-corrected chi connectivity index (χ3v) is 5.69. The first-order valence-electron chi connectivity index (χ1n) is 10.4. The van der Waals surface area contributed by atoms with Crippen molar-refractivity contribution >= 4 is 5.82 Å². The molecule has 0 aliphatic heterocycles. The third-order valence-electron chi connectivity index (χ3n) is 5.69. The van der Waals surface area contributed by atoms with Gasteiger partial charge in [0.25, 0.3) is 0 Å². The van der Waals surface area contributed by atoms with Gasteiger partial charge in [0.1, 0.15) is 11.6 Å². The van der Waals surface area contributed by atoms with Crippen molar-refractivity contribution in [3.05, 3.63) is 77.6 Å². The lowest BCUT2D eigenvalue weighted by molar-refractivity contribution is 0.323. The molecule has 2 heterocycles. The molecule has 1 aliphatic carbocycles. The largest absolute Gasteiger partial charge is 0.366 e. The van der Waals surface area contributed by atoms with Crippen molar-refractivity contribution in [3.63, 3.8) is 0 Å². The lowest BCUT2D eigenvalue weighted by Gasteiger charge is -2.25. The number of pyridine rings is 2. The van der Waals surface area contributed by atoms with Crippen molar-refractivity contribution in [1.29, 1.82) is 0 Å². The van der Waals surface area contributed by atoms with E-state index in [9.17, 15) is 8.78 Å². The predicted molar refractivity (Wildman–Crippen MR) is 115 cm³/mol. The Hall–Kier alpha value is -2.86. The molecule has 4 rings (SSSR count). The molecule has 0 unspecified atom stereocenters. The molecule has 3 N–H and O–H groups in total. The normalized spacial score (nSPS) is 18.9. The molecule has 0 radical (unpaired) electrons. The summed E-state index contributed by atoms with van der Waals surface area (Å²) in [4.78, 5) is 8.85. The Kier molecular flexibility index (Phi) is 6.33. The molecule has 2 aromatic heterocycles. The molecule has 3 aromatic rings. The summed E-state index contributed by atoms with van der Waals surface area (Å²) in [6.45, 7) is 0.433. The van der Waals surface area contributed by atoms with Gasteiger partial charge in [-0.05, 0) is 73.9 Å². The quantitative estimate of drug-likeness (QED) is 0.596. The monoisotopic (exact) mass is 408 g/mol. The van der Waals surface area contributed by atoms with Crippen LogP contribution in [0.25, 0.3) is 11.3 Å². The molecule has 4 nitrogen and oxygen atoms in total. The first-order valence-corrected chi connectivity index (χ1v) is 10.4. The Bertz CT molecular complexity index is 1000. The smallest absolute Gasteiger partial charge is 0.150 e. The van der Waals surface area contributed by atoms with Crippen molar-refractivity contribution in [2.45, 2.75) is 44.7 Å². The number of rotatable bonds is 6. The minimum Gasteiger partial charge on any atom is -0.366 e. The number of nitrogens with one attached hydrogen (secondary N) is 1. The number of hydrogen-bond acceptors (Lipinski definition) is 4. The summed E-state index contributed by atoms with van der Waals surface area (Å²) in [5, 5.41) is 3.17. The van der Waals surface area contributed by atoms with Crippen LogP contribution in [0.15, 0.2) is 54.7 Å². The van der Waals surface area contributed by atoms with E-state index in [0.717, 1.165) is 43.4 Å². The molecule has 6 heteroatoms. The summed E-state index contributed by atoms with van der Waals surface area (Å²) >= 11 is 0. The maximum Gasteiger partial charge on any atom is 0.150 e. The van der Waals surface area contributed by atoms with Gasteiger partial charge in [0.15, 0.2) is 5.82 Å². The molecule has 1 aliphatic rings. The van der Waals surface area contributed by atoms with Gasteiger partial charge in [-0.1, -0.05) is 18.2 Å². The van der Waals surface area contributed by atoms with Gasteiger partial charge in [0.2, 0.25) is 0 Å². The molecule has 0 saturated heterocycles. The van der Waals surface area contributed by atoms with Crippen LogP contribution in [0.2, 0.25) is 0 Å². The first kappa shape index (κ1) is 20.4. The van der Waals surface area contributed by atoms with Crippen molar-refractivity contribution in [3.8, 4) is 11.3 Å². The fourth-order valence-corrected chi connectivity index (χ4v) is 4.00. The van der Waals surface area contributed by atoms with Crippen LogP contribution < -0.4 is 11.1 Å². The highest BCUT2D eigenvalue weighted by molar-refractivity contribution is 5.62. The number of anilines is 1. The highest BCUT2D eigenvalue weighted by Crippen LogP contribution is 2.28. The van der Waals surface area contributed by atoms with E-state index in [1.54, 1.807) is 12.1 Å². The van der Waals surface area contributed by atoms with Gasteiger partial charge in [-0.2, -0.15) is 0 Å². The molecule has 1 aromatic carbocycles. The first-order chi connectivity index (χ1) is 14.6. The van der Waals surface area contributed by atoms with E-state index in [1.165, 1.54) is 18.3 Å². The van der Waals surface area contributed by atoms with E-state index < -0.39 is 0 Å². The second-order valence-corrected chi connectivity index (χ2v) is 8.03. The molecule has 30 heavy (non-hydrogen) atoms. The Balaban J connectivity index is 1.48. The van der Waals surface area contributed by atoms with Crippen molar-refractivity contribution in [2.75, 3.05) is 5.32 Å². The molecule has 0 spiro atoms. The number of nitrogens with zero attached hydrogens (tertiary/aromatic N) is 2. The second kappa shape index (κ2) is 9.30. The number of aromatic nitrogens is 2. The molecule has 1 saturated carbocycles. The average molecular weight is 408 g/mol. The van der Waals surface area contributed by atoms with Crippen LogP contribution in [0.3, 0.4) is 0 Å². The Morgan fingerprint density at radius 2 is 1.80 bits per heavy atom. The number of benzene rings is 1. The van der Waals surface area contributed by atoms with Crippen LogP contribution >= 0.6 is 0 Å². The maximum absolute atomic E-state index is 14.5. The van der Waals surface area contributed by atoms with Gasteiger partial charge < -0.3 is 11.1 Å².